The molecule has 0 aromatic heterocycles. The predicted molar refractivity (Wildman–Crippen MR) is 78.2 cm³/mol. The average Bonchev–Trinajstić information content (AvgIpc) is 2.37. The molecule has 0 spiro atoms. The molecule has 0 bridgehead atoms. The molecule has 2 aromatic rings. The number of hydrogen-bond acceptors (Lipinski definition) is 1. The Kier molecular flexibility index (Phi) is 4.22. The number of anilines is 1. The Hall–Kier alpha value is -1.39. The Balaban J connectivity index is 2.26. The topological polar surface area (TPSA) is 29.1 Å². The van der Waals surface area contributed by atoms with E-state index in [9.17, 15) is 9.18 Å². The summed E-state index contributed by atoms with van der Waals surface area (Å²) >= 11 is 9.01. The van der Waals surface area contributed by atoms with Crippen molar-refractivity contribution in [1.82, 2.24) is 0 Å². The normalized spacial score (nSPS) is 10.3. The van der Waals surface area contributed by atoms with E-state index >= 15 is 0 Å². The van der Waals surface area contributed by atoms with E-state index < -0.39 is 11.7 Å². The zero-order valence-electron chi connectivity index (χ0n) is 10.0. The van der Waals surface area contributed by atoms with Crippen LogP contribution in [-0.4, -0.2) is 5.91 Å². The maximum Gasteiger partial charge on any atom is 0.258 e. The number of halogens is 3. The lowest BCUT2D eigenvalue weighted by Gasteiger charge is -2.08. The van der Waals surface area contributed by atoms with Crippen molar-refractivity contribution >= 4 is 39.1 Å². The molecule has 0 radical (unpaired) electrons. The van der Waals surface area contributed by atoms with Crippen LogP contribution in [-0.2, 0) is 0 Å². The van der Waals surface area contributed by atoms with Crippen LogP contribution in [0.15, 0.2) is 40.9 Å². The van der Waals surface area contributed by atoms with Crippen molar-refractivity contribution in [2.75, 3.05) is 5.32 Å². The van der Waals surface area contributed by atoms with Crippen molar-refractivity contribution in [3.8, 4) is 0 Å². The first-order valence-corrected chi connectivity index (χ1v) is 6.67. The van der Waals surface area contributed by atoms with Gasteiger partial charge in [0, 0.05) is 10.7 Å². The summed E-state index contributed by atoms with van der Waals surface area (Å²) in [6.45, 7) is 1.86. The minimum Gasteiger partial charge on any atom is -0.322 e. The summed E-state index contributed by atoms with van der Waals surface area (Å²) in [7, 11) is 0. The summed E-state index contributed by atoms with van der Waals surface area (Å²) in [5.74, 6) is -1.10. The molecule has 0 saturated heterocycles. The van der Waals surface area contributed by atoms with Crippen LogP contribution in [0.25, 0.3) is 0 Å². The highest BCUT2D eigenvalue weighted by Crippen LogP contribution is 2.22. The molecular formula is C14H10BrClFNO. The summed E-state index contributed by atoms with van der Waals surface area (Å²) in [4.78, 5) is 12.0. The molecular weight excluding hydrogens is 333 g/mol. The first kappa shape index (κ1) is 14.0. The molecule has 0 heterocycles. The largest absolute Gasteiger partial charge is 0.322 e. The minimum absolute atomic E-state index is 0.0222. The van der Waals surface area contributed by atoms with Gasteiger partial charge < -0.3 is 5.32 Å². The highest BCUT2D eigenvalue weighted by molar-refractivity contribution is 9.10. The van der Waals surface area contributed by atoms with Gasteiger partial charge in [-0.1, -0.05) is 23.7 Å². The average molecular weight is 343 g/mol. The molecule has 0 saturated carbocycles. The highest BCUT2D eigenvalue weighted by atomic mass is 79.9. The molecule has 1 N–H and O–H groups in total. The maximum atomic E-state index is 13.8. The van der Waals surface area contributed by atoms with Gasteiger partial charge in [-0.2, -0.15) is 0 Å². The predicted octanol–water partition coefficient (Wildman–Crippen LogP) is 4.80. The lowest BCUT2D eigenvalue weighted by molar-refractivity contribution is 0.102. The highest BCUT2D eigenvalue weighted by Gasteiger charge is 2.14. The van der Waals surface area contributed by atoms with E-state index in [1.54, 1.807) is 24.3 Å². The van der Waals surface area contributed by atoms with Crippen LogP contribution in [0.3, 0.4) is 0 Å². The van der Waals surface area contributed by atoms with Gasteiger partial charge in [0.25, 0.3) is 5.91 Å². The quantitative estimate of drug-likeness (QED) is 0.834. The fourth-order valence-corrected chi connectivity index (χ4v) is 2.09. The maximum absolute atomic E-state index is 13.8. The molecule has 2 aromatic carbocycles. The Morgan fingerprint density at radius 1 is 1.32 bits per heavy atom. The molecule has 0 fully saturated rings. The van der Waals surface area contributed by atoms with E-state index in [2.05, 4.69) is 21.2 Å². The number of carbonyl (C=O) groups excluding carboxylic acids is 1. The van der Waals surface area contributed by atoms with Crippen LogP contribution in [0.5, 0.6) is 0 Å². The zero-order valence-corrected chi connectivity index (χ0v) is 12.3. The standard InChI is InChI=1S/C14H10BrClFNO/c1-8-5-6-9(7-12(8)16)18-14(19)10-3-2-4-11(15)13(10)17/h2-7H,1H3,(H,18,19). The number of nitrogens with one attached hydrogen (secondary N) is 1. The lowest BCUT2D eigenvalue weighted by atomic mass is 10.2. The van der Waals surface area contributed by atoms with Gasteiger partial charge in [0.1, 0.15) is 5.82 Å². The van der Waals surface area contributed by atoms with Crippen LogP contribution in [0.4, 0.5) is 10.1 Å². The SMILES string of the molecule is Cc1ccc(NC(=O)c2cccc(Br)c2F)cc1Cl. The number of carbonyl (C=O) groups is 1. The third-order valence-corrected chi connectivity index (χ3v) is 3.65. The van der Waals surface area contributed by atoms with E-state index in [0.717, 1.165) is 5.56 Å². The number of aryl methyl sites for hydroxylation is 1. The smallest absolute Gasteiger partial charge is 0.258 e. The number of amides is 1. The van der Waals surface area contributed by atoms with Gasteiger partial charge in [-0.15, -0.1) is 0 Å². The van der Waals surface area contributed by atoms with E-state index in [1.165, 1.54) is 12.1 Å². The molecule has 19 heavy (non-hydrogen) atoms. The van der Waals surface area contributed by atoms with Gasteiger partial charge in [-0.3, -0.25) is 4.79 Å². The van der Waals surface area contributed by atoms with E-state index in [1.807, 2.05) is 6.92 Å². The second-order valence-electron chi connectivity index (χ2n) is 4.02. The number of rotatable bonds is 2. The van der Waals surface area contributed by atoms with Crippen LogP contribution < -0.4 is 5.32 Å². The minimum atomic E-state index is -0.585. The summed E-state index contributed by atoms with van der Waals surface area (Å²) in [5.41, 5.74) is 1.42. The summed E-state index contributed by atoms with van der Waals surface area (Å²) in [5, 5.41) is 3.16. The molecule has 1 amide bonds. The second kappa shape index (κ2) is 5.72. The Morgan fingerprint density at radius 3 is 2.74 bits per heavy atom. The van der Waals surface area contributed by atoms with Crippen molar-refractivity contribution in [3.05, 3.63) is 62.8 Å². The van der Waals surface area contributed by atoms with Crippen molar-refractivity contribution in [1.29, 1.82) is 0 Å². The fraction of sp³-hybridized carbons (Fsp3) is 0.0714. The van der Waals surface area contributed by atoms with E-state index in [0.29, 0.717) is 10.7 Å². The summed E-state index contributed by atoms with van der Waals surface area (Å²) in [6.07, 6.45) is 0. The molecule has 0 unspecified atom stereocenters. The lowest BCUT2D eigenvalue weighted by Crippen LogP contribution is -2.14. The number of benzene rings is 2. The van der Waals surface area contributed by atoms with Crippen molar-refractivity contribution in [3.63, 3.8) is 0 Å². The Bertz CT molecular complexity index is 645. The summed E-state index contributed by atoms with van der Waals surface area (Å²) < 4.78 is 14.0. The first-order valence-electron chi connectivity index (χ1n) is 5.50. The van der Waals surface area contributed by atoms with Gasteiger partial charge in [-0.25, -0.2) is 4.39 Å². The Morgan fingerprint density at radius 2 is 2.05 bits per heavy atom. The van der Waals surface area contributed by atoms with Crippen LogP contribution in [0, 0.1) is 12.7 Å². The van der Waals surface area contributed by atoms with Gasteiger partial charge in [0.15, 0.2) is 0 Å². The third kappa shape index (κ3) is 3.14. The molecule has 2 nitrogen and oxygen atoms in total. The zero-order chi connectivity index (χ0) is 14.0. The monoisotopic (exact) mass is 341 g/mol. The molecule has 98 valence electrons. The van der Waals surface area contributed by atoms with Gasteiger partial charge in [-0.05, 0) is 52.7 Å². The van der Waals surface area contributed by atoms with Gasteiger partial charge in [0.2, 0.25) is 0 Å². The first-order chi connectivity index (χ1) is 8.99. The molecule has 0 aliphatic heterocycles. The van der Waals surface area contributed by atoms with Crippen molar-refractivity contribution < 1.29 is 9.18 Å². The molecule has 2 rings (SSSR count). The second-order valence-corrected chi connectivity index (χ2v) is 5.28. The third-order valence-electron chi connectivity index (χ3n) is 2.63. The molecule has 0 aliphatic rings. The summed E-state index contributed by atoms with van der Waals surface area (Å²) in [6, 6.07) is 9.69. The van der Waals surface area contributed by atoms with Crippen LogP contribution in [0.1, 0.15) is 15.9 Å². The molecule has 0 atom stereocenters. The fourth-order valence-electron chi connectivity index (χ4n) is 1.55. The van der Waals surface area contributed by atoms with Gasteiger partial charge >= 0.3 is 0 Å². The van der Waals surface area contributed by atoms with E-state index in [-0.39, 0.29) is 10.0 Å². The van der Waals surface area contributed by atoms with Crippen LogP contribution in [0.2, 0.25) is 5.02 Å². The van der Waals surface area contributed by atoms with Crippen molar-refractivity contribution in [2.45, 2.75) is 6.92 Å². The van der Waals surface area contributed by atoms with E-state index in [4.69, 9.17) is 11.6 Å². The molecule has 5 heteroatoms. The van der Waals surface area contributed by atoms with Crippen molar-refractivity contribution in [2.24, 2.45) is 0 Å². The van der Waals surface area contributed by atoms with Crippen LogP contribution >= 0.6 is 27.5 Å². The van der Waals surface area contributed by atoms with Gasteiger partial charge in [0.05, 0.1) is 10.0 Å². The Labute approximate surface area is 123 Å². The molecule has 0 aliphatic carbocycles. The number of hydrogen-bond donors (Lipinski definition) is 1.